The molecule has 2 aliphatic heterocycles. The summed E-state index contributed by atoms with van der Waals surface area (Å²) in [6.45, 7) is 4.11. The van der Waals surface area contributed by atoms with E-state index in [1.165, 1.54) is 15.4 Å². The normalized spacial score (nSPS) is 24.4. The van der Waals surface area contributed by atoms with Crippen molar-refractivity contribution in [2.75, 3.05) is 13.1 Å². The smallest absolute Gasteiger partial charge is 0.240 e. The number of fused-ring (bicyclic) bond motifs is 1. The molecule has 1 aromatic heterocycles. The van der Waals surface area contributed by atoms with Gasteiger partial charge in [-0.1, -0.05) is 19.9 Å². The number of aromatic nitrogens is 1. The lowest BCUT2D eigenvalue weighted by Gasteiger charge is -2.26. The number of nitrogens with zero attached hydrogens (tertiary/aromatic N) is 3. The molecule has 0 saturated carbocycles. The van der Waals surface area contributed by atoms with Crippen molar-refractivity contribution in [2.24, 2.45) is 11.7 Å². The highest BCUT2D eigenvalue weighted by molar-refractivity contribution is 7.88. The third-order valence-electron chi connectivity index (χ3n) is 5.12. The maximum absolute atomic E-state index is 12.9. The molecular formula is C18H26N4O4S. The van der Waals surface area contributed by atoms with Gasteiger partial charge in [0.25, 0.3) is 0 Å². The molecule has 2 fully saturated rings. The van der Waals surface area contributed by atoms with Crippen LogP contribution in [0.4, 0.5) is 0 Å². The second-order valence-corrected chi connectivity index (χ2v) is 9.58. The lowest BCUT2D eigenvalue weighted by Crippen LogP contribution is -2.50. The Morgan fingerprint density at radius 2 is 2.11 bits per heavy atom. The van der Waals surface area contributed by atoms with Gasteiger partial charge in [0.1, 0.15) is 11.8 Å². The van der Waals surface area contributed by atoms with Gasteiger partial charge in [-0.25, -0.2) is 8.42 Å². The van der Waals surface area contributed by atoms with Crippen molar-refractivity contribution >= 4 is 21.7 Å². The second kappa shape index (κ2) is 7.65. The molecule has 3 heterocycles. The summed E-state index contributed by atoms with van der Waals surface area (Å²) in [5.74, 6) is -0.511. The van der Waals surface area contributed by atoms with Crippen LogP contribution in [-0.4, -0.2) is 65.5 Å². The Labute approximate surface area is 159 Å². The molecule has 2 aliphatic rings. The molecule has 27 heavy (non-hydrogen) atoms. The largest absolute Gasteiger partial charge is 0.330 e. The van der Waals surface area contributed by atoms with Crippen LogP contribution in [0.5, 0.6) is 0 Å². The summed E-state index contributed by atoms with van der Waals surface area (Å²) in [4.78, 5) is 30.8. The Hall–Kier alpha value is -1.84. The zero-order valence-electron chi connectivity index (χ0n) is 15.6. The molecule has 3 rings (SSSR count). The van der Waals surface area contributed by atoms with Crippen molar-refractivity contribution in [2.45, 2.75) is 50.6 Å². The van der Waals surface area contributed by atoms with Gasteiger partial charge in [0, 0.05) is 12.7 Å². The summed E-state index contributed by atoms with van der Waals surface area (Å²) in [7, 11) is -3.71. The predicted octanol–water partition coefficient (Wildman–Crippen LogP) is 0.139. The van der Waals surface area contributed by atoms with Crippen LogP contribution in [0, 0.1) is 5.92 Å². The zero-order chi connectivity index (χ0) is 19.8. The van der Waals surface area contributed by atoms with Gasteiger partial charge in [-0.05, 0) is 30.9 Å². The van der Waals surface area contributed by atoms with Crippen molar-refractivity contribution in [3.8, 4) is 0 Å². The minimum atomic E-state index is -3.71. The molecule has 2 N–H and O–H groups in total. The molecular weight excluding hydrogens is 368 g/mol. The van der Waals surface area contributed by atoms with E-state index in [2.05, 4.69) is 4.98 Å². The molecule has 9 heteroatoms. The van der Waals surface area contributed by atoms with E-state index in [9.17, 15) is 18.0 Å². The number of Topliss-reactive ketones (excluding diaryl/α,β-unsaturated/α-hetero) is 1. The number of sulfonamides is 1. The highest BCUT2D eigenvalue weighted by Crippen LogP contribution is 2.33. The molecule has 0 spiro atoms. The van der Waals surface area contributed by atoms with Crippen molar-refractivity contribution in [3.63, 3.8) is 0 Å². The molecule has 0 aliphatic carbocycles. The fourth-order valence-electron chi connectivity index (χ4n) is 3.96. The van der Waals surface area contributed by atoms with E-state index in [0.717, 1.165) is 0 Å². The fourth-order valence-corrected chi connectivity index (χ4v) is 5.62. The maximum atomic E-state index is 12.9. The number of hydrogen-bond donors (Lipinski definition) is 1. The van der Waals surface area contributed by atoms with Crippen molar-refractivity contribution < 1.29 is 18.0 Å². The maximum Gasteiger partial charge on any atom is 0.240 e. The number of pyridine rings is 1. The molecule has 3 atom stereocenters. The summed E-state index contributed by atoms with van der Waals surface area (Å²) in [6.07, 6.45) is 2.51. The zero-order valence-corrected chi connectivity index (χ0v) is 16.4. The van der Waals surface area contributed by atoms with E-state index in [1.807, 2.05) is 13.8 Å². The van der Waals surface area contributed by atoms with Crippen LogP contribution in [0.25, 0.3) is 0 Å². The summed E-state index contributed by atoms with van der Waals surface area (Å²) in [5.41, 5.74) is 6.44. The van der Waals surface area contributed by atoms with Gasteiger partial charge in [0.05, 0.1) is 24.3 Å². The lowest BCUT2D eigenvalue weighted by atomic mass is 10.0. The van der Waals surface area contributed by atoms with Crippen LogP contribution in [0.15, 0.2) is 24.4 Å². The highest BCUT2D eigenvalue weighted by atomic mass is 32.2. The number of carbonyl (C=O) groups excluding carboxylic acids is 2. The fraction of sp³-hybridized carbons (Fsp3) is 0.611. The van der Waals surface area contributed by atoms with Gasteiger partial charge < -0.3 is 10.6 Å². The molecule has 0 aromatic carbocycles. The standard InChI is InChI=1S/C18H26N4O4S/c1-12(2)9-14(19)18(24)21-8-6-15-17(21)16(23)10-22(15)27(25,26)11-13-5-3-4-7-20-13/h3-5,7,12,14-15,17H,6,8-11,19H2,1-2H3. The first kappa shape index (κ1) is 19.9. The summed E-state index contributed by atoms with van der Waals surface area (Å²) < 4.78 is 26.9. The summed E-state index contributed by atoms with van der Waals surface area (Å²) >= 11 is 0. The van der Waals surface area contributed by atoms with Gasteiger partial charge >= 0.3 is 0 Å². The Bertz CT molecular complexity index is 812. The topological polar surface area (TPSA) is 114 Å². The number of nitrogens with two attached hydrogens (primary N) is 1. The number of ketones is 1. The third-order valence-corrected chi connectivity index (χ3v) is 6.89. The third kappa shape index (κ3) is 4.04. The van der Waals surface area contributed by atoms with Crippen LogP contribution in [0.3, 0.4) is 0 Å². The van der Waals surface area contributed by atoms with Gasteiger partial charge in [0.15, 0.2) is 5.78 Å². The van der Waals surface area contributed by atoms with Crippen LogP contribution < -0.4 is 5.73 Å². The van der Waals surface area contributed by atoms with E-state index in [4.69, 9.17) is 5.73 Å². The van der Waals surface area contributed by atoms with Crippen LogP contribution in [-0.2, 0) is 25.4 Å². The molecule has 1 aromatic rings. The first-order valence-electron chi connectivity index (χ1n) is 9.19. The molecule has 2 saturated heterocycles. The number of likely N-dealkylation sites (tertiary alicyclic amines) is 1. The monoisotopic (exact) mass is 394 g/mol. The number of amides is 1. The summed E-state index contributed by atoms with van der Waals surface area (Å²) in [5, 5.41) is 0. The van der Waals surface area contributed by atoms with E-state index >= 15 is 0 Å². The van der Waals surface area contributed by atoms with Crippen LogP contribution in [0.1, 0.15) is 32.4 Å². The molecule has 8 nitrogen and oxygen atoms in total. The Balaban J connectivity index is 1.76. The molecule has 1 amide bonds. The van der Waals surface area contributed by atoms with Gasteiger partial charge in [-0.15, -0.1) is 0 Å². The lowest BCUT2D eigenvalue weighted by molar-refractivity contribution is -0.137. The average Bonchev–Trinajstić information content (AvgIpc) is 3.16. The minimum Gasteiger partial charge on any atom is -0.330 e. The second-order valence-electron chi connectivity index (χ2n) is 7.66. The van der Waals surface area contributed by atoms with Crippen molar-refractivity contribution in [1.29, 1.82) is 0 Å². The SMILES string of the molecule is CC(C)CC(N)C(=O)N1CCC2C1C(=O)CN2S(=O)(=O)Cc1ccccn1. The molecule has 3 unspecified atom stereocenters. The number of carbonyl (C=O) groups is 2. The van der Waals surface area contributed by atoms with Crippen molar-refractivity contribution in [1.82, 2.24) is 14.2 Å². The first-order chi connectivity index (χ1) is 12.7. The van der Waals surface area contributed by atoms with E-state index in [0.29, 0.717) is 25.1 Å². The van der Waals surface area contributed by atoms with Gasteiger partial charge in [0.2, 0.25) is 15.9 Å². The predicted molar refractivity (Wildman–Crippen MR) is 99.9 cm³/mol. The van der Waals surface area contributed by atoms with Crippen LogP contribution in [0.2, 0.25) is 0 Å². The Morgan fingerprint density at radius 1 is 1.37 bits per heavy atom. The molecule has 148 valence electrons. The molecule has 0 radical (unpaired) electrons. The van der Waals surface area contributed by atoms with Crippen LogP contribution >= 0.6 is 0 Å². The van der Waals surface area contributed by atoms with Crippen molar-refractivity contribution in [3.05, 3.63) is 30.1 Å². The van der Waals surface area contributed by atoms with Gasteiger partial charge in [-0.2, -0.15) is 4.31 Å². The Morgan fingerprint density at radius 3 is 2.74 bits per heavy atom. The average molecular weight is 394 g/mol. The minimum absolute atomic E-state index is 0.201. The number of rotatable bonds is 6. The quantitative estimate of drug-likeness (QED) is 0.734. The molecule has 0 bridgehead atoms. The van der Waals surface area contributed by atoms with E-state index in [1.54, 1.807) is 18.2 Å². The Kier molecular flexibility index (Phi) is 5.64. The number of hydrogen-bond acceptors (Lipinski definition) is 6. The van der Waals surface area contributed by atoms with Gasteiger partial charge in [-0.3, -0.25) is 14.6 Å². The van der Waals surface area contributed by atoms with E-state index in [-0.39, 0.29) is 29.9 Å². The van der Waals surface area contributed by atoms with E-state index < -0.39 is 28.1 Å². The summed E-state index contributed by atoms with van der Waals surface area (Å²) in [6, 6.07) is 3.17. The first-order valence-corrected chi connectivity index (χ1v) is 10.8. The highest BCUT2D eigenvalue weighted by Gasteiger charge is 2.53.